The van der Waals surface area contributed by atoms with Gasteiger partial charge in [0.1, 0.15) is 0 Å². The molecule has 2 atom stereocenters. The quantitative estimate of drug-likeness (QED) is 0.723. The second kappa shape index (κ2) is 7.40. The molecule has 0 radical (unpaired) electrons. The topological polar surface area (TPSA) is 51.2 Å². The lowest BCUT2D eigenvalue weighted by Gasteiger charge is -2.38. The lowest BCUT2D eigenvalue weighted by atomic mass is 10.1. The number of methoxy groups -OCH3 is 1. The van der Waals surface area contributed by atoms with E-state index in [0.29, 0.717) is 19.8 Å². The number of rotatable bonds is 7. The largest absolute Gasteiger partial charge is 0.389 e. The van der Waals surface area contributed by atoms with E-state index in [1.54, 1.807) is 7.11 Å². The highest BCUT2D eigenvalue weighted by molar-refractivity contribution is 4.80. The fraction of sp³-hybridized carbons (Fsp3) is 1.00. The Kier molecular flexibility index (Phi) is 6.52. The van der Waals surface area contributed by atoms with Crippen molar-refractivity contribution in [3.05, 3.63) is 0 Å². The van der Waals surface area contributed by atoms with Crippen LogP contribution < -0.4 is 0 Å². The van der Waals surface area contributed by atoms with Crippen LogP contribution in [0.5, 0.6) is 0 Å². The van der Waals surface area contributed by atoms with E-state index in [1.165, 1.54) is 0 Å². The Labute approximate surface area is 110 Å². The molecule has 0 amide bonds. The van der Waals surface area contributed by atoms with Crippen molar-refractivity contribution in [3.8, 4) is 0 Å². The minimum absolute atomic E-state index is 0.0192. The molecule has 108 valence electrons. The predicted molar refractivity (Wildman–Crippen MR) is 69.8 cm³/mol. The minimum Gasteiger partial charge on any atom is -0.389 e. The number of hydrogen-bond donors (Lipinski definition) is 1. The van der Waals surface area contributed by atoms with Gasteiger partial charge in [-0.3, -0.25) is 4.90 Å². The number of aliphatic hydroxyl groups excluding tert-OH is 1. The van der Waals surface area contributed by atoms with E-state index in [0.717, 1.165) is 19.7 Å². The molecule has 1 aliphatic heterocycles. The minimum atomic E-state index is -0.460. The highest BCUT2D eigenvalue weighted by Crippen LogP contribution is 2.16. The molecule has 1 fully saturated rings. The van der Waals surface area contributed by atoms with Gasteiger partial charge in [-0.1, -0.05) is 0 Å². The summed E-state index contributed by atoms with van der Waals surface area (Å²) in [5.41, 5.74) is -0.123. The van der Waals surface area contributed by atoms with Crippen molar-refractivity contribution in [1.29, 1.82) is 0 Å². The van der Waals surface area contributed by atoms with Crippen LogP contribution in [0.3, 0.4) is 0 Å². The molecular weight excluding hydrogens is 234 g/mol. The van der Waals surface area contributed by atoms with Gasteiger partial charge in [-0.05, 0) is 20.8 Å². The Morgan fingerprint density at radius 1 is 1.39 bits per heavy atom. The maximum absolute atomic E-state index is 9.94. The van der Waals surface area contributed by atoms with Gasteiger partial charge in [0.05, 0.1) is 37.6 Å². The summed E-state index contributed by atoms with van der Waals surface area (Å²) in [4.78, 5) is 2.22. The Morgan fingerprint density at radius 2 is 2.11 bits per heavy atom. The molecule has 0 aliphatic carbocycles. The first-order valence-corrected chi connectivity index (χ1v) is 6.58. The molecule has 5 heteroatoms. The molecule has 1 aliphatic rings. The van der Waals surface area contributed by atoms with Crippen LogP contribution in [0.2, 0.25) is 0 Å². The smallest absolute Gasteiger partial charge is 0.0900 e. The van der Waals surface area contributed by atoms with Crippen molar-refractivity contribution in [3.63, 3.8) is 0 Å². The lowest BCUT2D eigenvalue weighted by molar-refractivity contribution is -0.101. The zero-order valence-electron chi connectivity index (χ0n) is 12.0. The number of ether oxygens (including phenoxy) is 3. The molecule has 0 aromatic rings. The molecule has 2 unspecified atom stereocenters. The Morgan fingerprint density at radius 3 is 2.72 bits per heavy atom. The predicted octanol–water partition coefficient (Wildman–Crippen LogP) is 0.510. The lowest BCUT2D eigenvalue weighted by Crippen LogP contribution is -2.50. The standard InChI is InChI=1S/C13H27NO4/c1-11(8-16-4)17-9-12(15)7-14-5-6-18-13(2,3)10-14/h11-12,15H,5-10H2,1-4H3. The summed E-state index contributed by atoms with van der Waals surface area (Å²) in [5.74, 6) is 0. The summed E-state index contributed by atoms with van der Waals surface area (Å²) in [7, 11) is 1.64. The summed E-state index contributed by atoms with van der Waals surface area (Å²) in [6.07, 6.45) is -0.441. The van der Waals surface area contributed by atoms with Gasteiger partial charge in [0.15, 0.2) is 0 Å². The first-order valence-electron chi connectivity index (χ1n) is 6.58. The average molecular weight is 261 g/mol. The second-order valence-electron chi connectivity index (χ2n) is 5.60. The zero-order chi connectivity index (χ0) is 13.6. The van der Waals surface area contributed by atoms with Gasteiger partial charge in [-0.25, -0.2) is 0 Å². The van der Waals surface area contributed by atoms with E-state index < -0.39 is 6.10 Å². The van der Waals surface area contributed by atoms with Gasteiger partial charge < -0.3 is 19.3 Å². The number of hydrogen-bond acceptors (Lipinski definition) is 5. The third-order valence-corrected chi connectivity index (χ3v) is 2.95. The monoisotopic (exact) mass is 261 g/mol. The van der Waals surface area contributed by atoms with E-state index in [-0.39, 0.29) is 11.7 Å². The molecule has 5 nitrogen and oxygen atoms in total. The molecule has 1 heterocycles. The van der Waals surface area contributed by atoms with Gasteiger partial charge in [0.25, 0.3) is 0 Å². The Hall–Kier alpha value is -0.200. The molecule has 1 rings (SSSR count). The number of β-amino-alcohol motifs (C(OH)–C–C–N with tert-alkyl or cyclic N) is 1. The summed E-state index contributed by atoms with van der Waals surface area (Å²) in [5, 5.41) is 9.94. The summed E-state index contributed by atoms with van der Waals surface area (Å²) >= 11 is 0. The third-order valence-electron chi connectivity index (χ3n) is 2.95. The number of aliphatic hydroxyl groups is 1. The first-order chi connectivity index (χ1) is 8.43. The van der Waals surface area contributed by atoms with Crippen LogP contribution in [0.15, 0.2) is 0 Å². The van der Waals surface area contributed by atoms with Gasteiger partial charge in [-0.2, -0.15) is 0 Å². The summed E-state index contributed by atoms with van der Waals surface area (Å²) < 4.78 is 16.1. The van der Waals surface area contributed by atoms with E-state index in [9.17, 15) is 5.11 Å². The SMILES string of the molecule is COCC(C)OCC(O)CN1CCOC(C)(C)C1. The van der Waals surface area contributed by atoms with E-state index >= 15 is 0 Å². The summed E-state index contributed by atoms with van der Waals surface area (Å²) in [6, 6.07) is 0. The fourth-order valence-corrected chi connectivity index (χ4v) is 2.18. The van der Waals surface area contributed by atoms with Crippen molar-refractivity contribution < 1.29 is 19.3 Å². The molecule has 1 N–H and O–H groups in total. The zero-order valence-corrected chi connectivity index (χ0v) is 12.0. The van der Waals surface area contributed by atoms with Crippen molar-refractivity contribution in [2.75, 3.05) is 46.6 Å². The molecule has 0 aromatic carbocycles. The van der Waals surface area contributed by atoms with Gasteiger partial charge in [0.2, 0.25) is 0 Å². The third kappa shape index (κ3) is 6.11. The Bertz CT molecular complexity index is 235. The molecule has 0 spiro atoms. The van der Waals surface area contributed by atoms with Gasteiger partial charge in [0, 0.05) is 26.7 Å². The number of nitrogens with zero attached hydrogens (tertiary/aromatic N) is 1. The van der Waals surface area contributed by atoms with Crippen LogP contribution in [-0.2, 0) is 14.2 Å². The molecule has 0 saturated carbocycles. The van der Waals surface area contributed by atoms with Gasteiger partial charge >= 0.3 is 0 Å². The number of morpholine rings is 1. The van der Waals surface area contributed by atoms with Crippen molar-refractivity contribution in [1.82, 2.24) is 4.90 Å². The summed E-state index contributed by atoms with van der Waals surface area (Å²) in [6.45, 7) is 10.1. The first kappa shape index (κ1) is 15.9. The maximum Gasteiger partial charge on any atom is 0.0900 e. The molecule has 1 saturated heterocycles. The van der Waals surface area contributed by atoms with Crippen molar-refractivity contribution >= 4 is 0 Å². The molecule has 18 heavy (non-hydrogen) atoms. The second-order valence-corrected chi connectivity index (χ2v) is 5.60. The van der Waals surface area contributed by atoms with E-state index in [4.69, 9.17) is 14.2 Å². The van der Waals surface area contributed by atoms with Crippen molar-refractivity contribution in [2.45, 2.75) is 38.6 Å². The molecular formula is C13H27NO4. The van der Waals surface area contributed by atoms with Crippen LogP contribution in [0.25, 0.3) is 0 Å². The highest BCUT2D eigenvalue weighted by Gasteiger charge is 2.28. The fourth-order valence-electron chi connectivity index (χ4n) is 2.18. The highest BCUT2D eigenvalue weighted by atomic mass is 16.5. The Balaban J connectivity index is 2.21. The van der Waals surface area contributed by atoms with Crippen LogP contribution in [-0.4, -0.2) is 74.4 Å². The van der Waals surface area contributed by atoms with Crippen LogP contribution in [0.1, 0.15) is 20.8 Å². The van der Waals surface area contributed by atoms with E-state index in [2.05, 4.69) is 18.7 Å². The molecule has 0 aromatic heterocycles. The average Bonchev–Trinajstić information content (AvgIpc) is 2.25. The molecule has 0 bridgehead atoms. The maximum atomic E-state index is 9.94. The van der Waals surface area contributed by atoms with Crippen LogP contribution in [0, 0.1) is 0 Å². The normalized spacial score (nSPS) is 23.8. The van der Waals surface area contributed by atoms with Crippen molar-refractivity contribution in [2.24, 2.45) is 0 Å². The van der Waals surface area contributed by atoms with Crippen LogP contribution in [0.4, 0.5) is 0 Å². The van der Waals surface area contributed by atoms with Gasteiger partial charge in [-0.15, -0.1) is 0 Å². The van der Waals surface area contributed by atoms with E-state index in [1.807, 2.05) is 6.92 Å². The van der Waals surface area contributed by atoms with Crippen LogP contribution >= 0.6 is 0 Å².